The van der Waals surface area contributed by atoms with Gasteiger partial charge in [0, 0.05) is 0 Å². The third-order valence-electron chi connectivity index (χ3n) is 1.63. The van der Waals surface area contributed by atoms with Crippen LogP contribution in [0.1, 0.15) is 5.56 Å². The number of hydrazone groups is 1. The van der Waals surface area contributed by atoms with E-state index in [2.05, 4.69) is 30.0 Å². The average molecular weight is 196 g/mol. The van der Waals surface area contributed by atoms with Gasteiger partial charge in [-0.1, -0.05) is 30.3 Å². The summed E-state index contributed by atoms with van der Waals surface area (Å²) in [6, 6.07) is 10.2. The molecule has 4 heteroatoms. The standard InChI is InChI=1S/C8H8N2S2/c11-10-9-8(6-12-10)7-4-2-1-3-5-7/h1-5,11H,6H2. The lowest BCUT2D eigenvalue weighted by Crippen LogP contribution is -1.98. The molecule has 0 saturated heterocycles. The highest BCUT2D eigenvalue weighted by Crippen LogP contribution is 2.23. The second kappa shape index (κ2) is 3.41. The fourth-order valence-corrected chi connectivity index (χ4v) is 1.95. The zero-order valence-electron chi connectivity index (χ0n) is 6.34. The molecule has 0 aromatic heterocycles. The van der Waals surface area contributed by atoms with Gasteiger partial charge in [-0.15, -0.1) is 0 Å². The Hall–Kier alpha value is -0.610. The highest BCUT2D eigenvalue weighted by atomic mass is 32.2. The molecule has 0 N–H and O–H groups in total. The van der Waals surface area contributed by atoms with Crippen molar-refractivity contribution in [2.75, 3.05) is 5.75 Å². The molecule has 1 aliphatic rings. The Balaban J connectivity index is 2.27. The van der Waals surface area contributed by atoms with Gasteiger partial charge in [-0.3, -0.25) is 0 Å². The van der Waals surface area contributed by atoms with Crippen LogP contribution in [-0.4, -0.2) is 15.3 Å². The van der Waals surface area contributed by atoms with Crippen molar-refractivity contribution in [1.29, 1.82) is 0 Å². The van der Waals surface area contributed by atoms with Crippen molar-refractivity contribution in [2.45, 2.75) is 0 Å². The van der Waals surface area contributed by atoms with E-state index >= 15 is 0 Å². The third-order valence-corrected chi connectivity index (χ3v) is 2.78. The van der Waals surface area contributed by atoms with Crippen LogP contribution in [-0.2, 0) is 0 Å². The lowest BCUT2D eigenvalue weighted by atomic mass is 10.1. The summed E-state index contributed by atoms with van der Waals surface area (Å²) in [4.78, 5) is 0. The molecule has 0 fully saturated rings. The second-order valence-electron chi connectivity index (χ2n) is 2.44. The first kappa shape index (κ1) is 8.01. The quantitative estimate of drug-likeness (QED) is 0.547. The molecule has 1 aliphatic heterocycles. The van der Waals surface area contributed by atoms with Gasteiger partial charge in [-0.05, 0) is 30.3 Å². The molecule has 12 heavy (non-hydrogen) atoms. The van der Waals surface area contributed by atoms with Gasteiger partial charge >= 0.3 is 0 Å². The molecule has 0 spiro atoms. The molecular formula is C8H8N2S2. The predicted octanol–water partition coefficient (Wildman–Crippen LogP) is 2.20. The molecule has 0 aliphatic carbocycles. The highest BCUT2D eigenvalue weighted by molar-refractivity contribution is 8.06. The minimum atomic E-state index is 0.910. The van der Waals surface area contributed by atoms with Crippen molar-refractivity contribution >= 4 is 30.5 Å². The van der Waals surface area contributed by atoms with Gasteiger partial charge in [0.05, 0.1) is 11.5 Å². The van der Waals surface area contributed by atoms with Gasteiger partial charge in [-0.2, -0.15) is 8.92 Å². The van der Waals surface area contributed by atoms with Crippen LogP contribution in [0.15, 0.2) is 35.4 Å². The third kappa shape index (κ3) is 1.59. The smallest absolute Gasteiger partial charge is 0.0815 e. The van der Waals surface area contributed by atoms with E-state index in [9.17, 15) is 0 Å². The van der Waals surface area contributed by atoms with Gasteiger partial charge < -0.3 is 0 Å². The first-order valence-electron chi connectivity index (χ1n) is 3.61. The normalized spacial score (nSPS) is 16.4. The molecule has 62 valence electrons. The topological polar surface area (TPSA) is 15.6 Å². The summed E-state index contributed by atoms with van der Waals surface area (Å²) >= 11 is 5.70. The number of hydrogen-bond acceptors (Lipinski definition) is 4. The molecule has 2 rings (SSSR count). The van der Waals surface area contributed by atoms with Crippen molar-refractivity contribution < 1.29 is 0 Å². The average Bonchev–Trinajstić information content (AvgIpc) is 2.54. The molecular weight excluding hydrogens is 188 g/mol. The van der Waals surface area contributed by atoms with Crippen LogP contribution in [0, 0.1) is 0 Å². The van der Waals surface area contributed by atoms with Gasteiger partial charge in [0.25, 0.3) is 0 Å². The molecule has 0 atom stereocenters. The van der Waals surface area contributed by atoms with Gasteiger partial charge in [0.1, 0.15) is 0 Å². The van der Waals surface area contributed by atoms with E-state index in [0.717, 1.165) is 11.5 Å². The molecule has 0 saturated carbocycles. The summed E-state index contributed by atoms with van der Waals surface area (Å²) in [6.45, 7) is 0. The summed E-state index contributed by atoms with van der Waals surface area (Å²) in [5.74, 6) is 0.910. The van der Waals surface area contributed by atoms with Gasteiger partial charge in [0.15, 0.2) is 0 Å². The van der Waals surface area contributed by atoms with Crippen LogP contribution in [0.4, 0.5) is 0 Å². The molecule has 1 aromatic rings. The number of hydrogen-bond donors (Lipinski definition) is 1. The monoisotopic (exact) mass is 196 g/mol. The second-order valence-corrected chi connectivity index (χ2v) is 3.98. The lowest BCUT2D eigenvalue weighted by Gasteiger charge is -1.97. The largest absolute Gasteiger partial charge is 0.182 e. The molecule has 1 heterocycles. The minimum Gasteiger partial charge on any atom is -0.182 e. The van der Waals surface area contributed by atoms with Crippen molar-refractivity contribution in [2.24, 2.45) is 5.10 Å². The first-order valence-corrected chi connectivity index (χ1v) is 4.95. The van der Waals surface area contributed by atoms with Crippen LogP contribution in [0.25, 0.3) is 0 Å². The van der Waals surface area contributed by atoms with Crippen molar-refractivity contribution in [3.63, 3.8) is 0 Å². The Morgan fingerprint density at radius 3 is 2.67 bits per heavy atom. The fourth-order valence-electron chi connectivity index (χ4n) is 1.05. The SMILES string of the molecule is SN1N=C(c2ccccc2)CS1. The number of benzene rings is 1. The van der Waals surface area contributed by atoms with Crippen LogP contribution in [0.3, 0.4) is 0 Å². The molecule has 0 radical (unpaired) electrons. The number of nitrogens with zero attached hydrogens (tertiary/aromatic N) is 2. The van der Waals surface area contributed by atoms with Crippen molar-refractivity contribution in [3.05, 3.63) is 35.9 Å². The van der Waals surface area contributed by atoms with E-state index in [0.29, 0.717) is 0 Å². The Morgan fingerprint density at radius 2 is 2.08 bits per heavy atom. The van der Waals surface area contributed by atoms with E-state index in [-0.39, 0.29) is 0 Å². The van der Waals surface area contributed by atoms with Crippen molar-refractivity contribution in [1.82, 2.24) is 3.82 Å². The maximum atomic E-state index is 4.24. The van der Waals surface area contributed by atoms with Gasteiger partial charge in [0.2, 0.25) is 0 Å². The molecule has 2 nitrogen and oxygen atoms in total. The summed E-state index contributed by atoms with van der Waals surface area (Å²) in [5.41, 5.74) is 2.28. The Kier molecular flexibility index (Phi) is 2.28. The highest BCUT2D eigenvalue weighted by Gasteiger charge is 2.13. The van der Waals surface area contributed by atoms with E-state index in [1.54, 1.807) is 15.8 Å². The predicted molar refractivity (Wildman–Crippen MR) is 56.3 cm³/mol. The zero-order chi connectivity index (χ0) is 8.39. The maximum absolute atomic E-state index is 4.24. The van der Waals surface area contributed by atoms with Crippen LogP contribution in [0.5, 0.6) is 0 Å². The van der Waals surface area contributed by atoms with Crippen LogP contribution < -0.4 is 0 Å². The summed E-state index contributed by atoms with van der Waals surface area (Å²) < 4.78 is 1.60. The van der Waals surface area contributed by atoms with E-state index in [1.165, 1.54) is 5.56 Å². The molecule has 0 amide bonds. The zero-order valence-corrected chi connectivity index (χ0v) is 8.05. The van der Waals surface area contributed by atoms with Crippen LogP contribution >= 0.6 is 24.8 Å². The number of thiol groups is 1. The molecule has 0 unspecified atom stereocenters. The Bertz CT molecular complexity index is 297. The van der Waals surface area contributed by atoms with Crippen molar-refractivity contribution in [3.8, 4) is 0 Å². The minimum absolute atomic E-state index is 0.910. The Morgan fingerprint density at radius 1 is 1.33 bits per heavy atom. The lowest BCUT2D eigenvalue weighted by molar-refractivity contribution is 0.849. The van der Waals surface area contributed by atoms with Gasteiger partial charge in [-0.25, -0.2) is 0 Å². The summed E-state index contributed by atoms with van der Waals surface area (Å²) in [5, 5.41) is 4.24. The summed E-state index contributed by atoms with van der Waals surface area (Å²) in [6.07, 6.45) is 0. The maximum Gasteiger partial charge on any atom is 0.0815 e. The summed E-state index contributed by atoms with van der Waals surface area (Å²) in [7, 11) is 0. The molecule has 0 bridgehead atoms. The Labute approximate surface area is 81.3 Å². The fraction of sp³-hybridized carbons (Fsp3) is 0.125. The molecule has 1 aromatic carbocycles. The van der Waals surface area contributed by atoms with E-state index < -0.39 is 0 Å². The number of rotatable bonds is 1. The van der Waals surface area contributed by atoms with Crippen LogP contribution in [0.2, 0.25) is 0 Å². The van der Waals surface area contributed by atoms with E-state index in [1.807, 2.05) is 18.2 Å². The van der Waals surface area contributed by atoms with E-state index in [4.69, 9.17) is 0 Å². The first-order chi connectivity index (χ1) is 5.86.